The van der Waals surface area contributed by atoms with Gasteiger partial charge in [0.25, 0.3) is 0 Å². The van der Waals surface area contributed by atoms with Crippen LogP contribution in [0.25, 0.3) is 0 Å². The smallest absolute Gasteiger partial charge is 0.305 e. The molecule has 1 aromatic rings. The molecule has 120 valence electrons. The molecule has 0 aliphatic heterocycles. The molecule has 2 nitrogen and oxygen atoms in total. The summed E-state index contributed by atoms with van der Waals surface area (Å²) >= 11 is 1.80. The van der Waals surface area contributed by atoms with Crippen molar-refractivity contribution < 1.29 is 9.53 Å². The Labute approximate surface area is 133 Å². The molecule has 0 radical (unpaired) electrons. The Kier molecular flexibility index (Phi) is 11.2. The lowest BCUT2D eigenvalue weighted by Gasteiger charge is -2.03. The van der Waals surface area contributed by atoms with Crippen molar-refractivity contribution in [1.29, 1.82) is 0 Å². The van der Waals surface area contributed by atoms with Crippen LogP contribution in [0.2, 0.25) is 0 Å². The summed E-state index contributed by atoms with van der Waals surface area (Å²) in [7, 11) is 1.46. The predicted molar refractivity (Wildman–Crippen MR) is 90.8 cm³/mol. The minimum absolute atomic E-state index is 0.0718. The van der Waals surface area contributed by atoms with Crippen molar-refractivity contribution in [2.45, 2.75) is 77.0 Å². The van der Waals surface area contributed by atoms with Gasteiger partial charge in [-0.05, 0) is 41.7 Å². The van der Waals surface area contributed by atoms with E-state index in [-0.39, 0.29) is 5.97 Å². The second-order valence-electron chi connectivity index (χ2n) is 5.74. The van der Waals surface area contributed by atoms with E-state index in [2.05, 4.69) is 21.6 Å². The number of ether oxygens (including phenoxy) is 1. The Balaban J connectivity index is 1.73. The van der Waals surface area contributed by atoms with Gasteiger partial charge in [-0.3, -0.25) is 4.79 Å². The molecule has 21 heavy (non-hydrogen) atoms. The average molecular weight is 311 g/mol. The number of hydrogen-bond donors (Lipinski definition) is 0. The number of carbonyl (C=O) groups excluding carboxylic acids is 1. The van der Waals surface area contributed by atoms with Gasteiger partial charge in [0, 0.05) is 6.42 Å². The third-order valence-corrected chi connectivity index (χ3v) is 4.64. The predicted octanol–water partition coefficient (Wildman–Crippen LogP) is 5.75. The molecule has 0 N–H and O–H groups in total. The number of unbranched alkanes of at least 4 members (excludes halogenated alkanes) is 9. The second-order valence-corrected chi connectivity index (χ2v) is 6.52. The average Bonchev–Trinajstić information content (AvgIpc) is 3.01. The van der Waals surface area contributed by atoms with E-state index in [1.165, 1.54) is 70.5 Å². The summed E-state index contributed by atoms with van der Waals surface area (Å²) in [5.41, 5.74) is 1.51. The van der Waals surface area contributed by atoms with Gasteiger partial charge >= 0.3 is 5.97 Å². The van der Waals surface area contributed by atoms with Gasteiger partial charge in [0.2, 0.25) is 0 Å². The molecule has 3 heteroatoms. The van der Waals surface area contributed by atoms with Crippen LogP contribution in [0.15, 0.2) is 16.8 Å². The van der Waals surface area contributed by atoms with Gasteiger partial charge in [0.05, 0.1) is 7.11 Å². The standard InChI is InChI=1S/C18H30O2S/c1-20-18(19)13-11-9-7-5-3-2-4-6-8-10-12-17-14-15-21-16-17/h14-16H,2-13H2,1H3. The number of carbonyl (C=O) groups is 1. The Bertz CT molecular complexity index is 346. The van der Waals surface area contributed by atoms with Gasteiger partial charge in [-0.15, -0.1) is 0 Å². The van der Waals surface area contributed by atoms with E-state index in [4.69, 9.17) is 0 Å². The van der Waals surface area contributed by atoms with Crippen molar-refractivity contribution in [3.05, 3.63) is 22.4 Å². The van der Waals surface area contributed by atoms with Crippen LogP contribution in [0.3, 0.4) is 0 Å². The molecule has 0 fully saturated rings. The quantitative estimate of drug-likeness (QED) is 0.342. The number of hydrogen-bond acceptors (Lipinski definition) is 3. The molecule has 1 rings (SSSR count). The molecule has 0 saturated carbocycles. The van der Waals surface area contributed by atoms with E-state index >= 15 is 0 Å². The van der Waals surface area contributed by atoms with E-state index in [0.29, 0.717) is 6.42 Å². The van der Waals surface area contributed by atoms with Crippen LogP contribution in [0.4, 0.5) is 0 Å². The van der Waals surface area contributed by atoms with Crippen molar-refractivity contribution in [1.82, 2.24) is 0 Å². The summed E-state index contributed by atoms with van der Waals surface area (Å²) < 4.78 is 4.63. The van der Waals surface area contributed by atoms with E-state index in [9.17, 15) is 4.79 Å². The summed E-state index contributed by atoms with van der Waals surface area (Å²) in [6.45, 7) is 0. The third-order valence-electron chi connectivity index (χ3n) is 3.90. The maximum atomic E-state index is 10.9. The van der Waals surface area contributed by atoms with Gasteiger partial charge in [-0.25, -0.2) is 0 Å². The highest BCUT2D eigenvalue weighted by molar-refractivity contribution is 7.07. The normalized spacial score (nSPS) is 10.7. The summed E-state index contributed by atoms with van der Waals surface area (Å²) in [5.74, 6) is -0.0718. The van der Waals surface area contributed by atoms with Gasteiger partial charge < -0.3 is 4.74 Å². The first-order chi connectivity index (χ1) is 10.3. The first kappa shape index (κ1) is 18.2. The van der Waals surface area contributed by atoms with Crippen LogP contribution in [0.1, 0.15) is 76.2 Å². The Morgan fingerprint density at radius 3 is 2.05 bits per heavy atom. The Morgan fingerprint density at radius 2 is 1.52 bits per heavy atom. The van der Waals surface area contributed by atoms with Crippen LogP contribution >= 0.6 is 11.3 Å². The van der Waals surface area contributed by atoms with Gasteiger partial charge in [-0.1, -0.05) is 51.4 Å². The zero-order chi connectivity index (χ0) is 15.2. The highest BCUT2D eigenvalue weighted by Gasteiger charge is 1.99. The van der Waals surface area contributed by atoms with Crippen molar-refractivity contribution >= 4 is 17.3 Å². The topological polar surface area (TPSA) is 26.3 Å². The van der Waals surface area contributed by atoms with Crippen molar-refractivity contribution in [3.8, 4) is 0 Å². The number of methoxy groups -OCH3 is 1. The lowest BCUT2D eigenvalue weighted by atomic mass is 10.0. The van der Waals surface area contributed by atoms with E-state index < -0.39 is 0 Å². The molecule has 1 aromatic heterocycles. The first-order valence-electron chi connectivity index (χ1n) is 8.41. The van der Waals surface area contributed by atoms with Crippen LogP contribution in [0, 0.1) is 0 Å². The molecule has 0 atom stereocenters. The molecule has 0 aliphatic carbocycles. The summed E-state index contributed by atoms with van der Waals surface area (Å²) in [6.07, 6.45) is 14.7. The SMILES string of the molecule is COC(=O)CCCCCCCCCCCCc1ccsc1. The number of rotatable bonds is 13. The molecule has 0 bridgehead atoms. The van der Waals surface area contributed by atoms with Crippen molar-refractivity contribution in [2.75, 3.05) is 7.11 Å². The fraction of sp³-hybridized carbons (Fsp3) is 0.722. The molecular weight excluding hydrogens is 280 g/mol. The summed E-state index contributed by atoms with van der Waals surface area (Å²) in [5, 5.41) is 4.43. The second kappa shape index (κ2) is 12.9. The van der Waals surface area contributed by atoms with Crippen LogP contribution < -0.4 is 0 Å². The number of thiophene rings is 1. The highest BCUT2D eigenvalue weighted by Crippen LogP contribution is 2.14. The lowest BCUT2D eigenvalue weighted by molar-refractivity contribution is -0.140. The largest absolute Gasteiger partial charge is 0.469 e. The van der Waals surface area contributed by atoms with E-state index in [0.717, 1.165) is 12.8 Å². The monoisotopic (exact) mass is 310 g/mol. The Hall–Kier alpha value is -0.830. The van der Waals surface area contributed by atoms with E-state index in [1.54, 1.807) is 11.3 Å². The molecule has 0 amide bonds. The molecule has 0 saturated heterocycles. The van der Waals surface area contributed by atoms with Crippen LogP contribution in [-0.4, -0.2) is 13.1 Å². The lowest BCUT2D eigenvalue weighted by Crippen LogP contribution is -1.99. The molecule has 0 spiro atoms. The van der Waals surface area contributed by atoms with Crippen LogP contribution in [0.5, 0.6) is 0 Å². The maximum Gasteiger partial charge on any atom is 0.305 e. The number of aryl methyl sites for hydroxylation is 1. The zero-order valence-corrected chi connectivity index (χ0v) is 14.3. The molecule has 1 heterocycles. The zero-order valence-electron chi connectivity index (χ0n) is 13.4. The third kappa shape index (κ3) is 10.5. The molecular formula is C18H30O2S. The summed E-state index contributed by atoms with van der Waals surface area (Å²) in [6, 6.07) is 2.24. The molecule has 0 unspecified atom stereocenters. The number of esters is 1. The highest BCUT2D eigenvalue weighted by atomic mass is 32.1. The minimum atomic E-state index is -0.0718. The fourth-order valence-electron chi connectivity index (χ4n) is 2.55. The maximum absolute atomic E-state index is 10.9. The first-order valence-corrected chi connectivity index (χ1v) is 9.35. The minimum Gasteiger partial charge on any atom is -0.469 e. The van der Waals surface area contributed by atoms with Crippen molar-refractivity contribution in [2.24, 2.45) is 0 Å². The van der Waals surface area contributed by atoms with E-state index in [1.807, 2.05) is 0 Å². The van der Waals surface area contributed by atoms with Crippen LogP contribution in [-0.2, 0) is 16.0 Å². The van der Waals surface area contributed by atoms with Gasteiger partial charge in [0.15, 0.2) is 0 Å². The Morgan fingerprint density at radius 1 is 0.952 bits per heavy atom. The van der Waals surface area contributed by atoms with Crippen molar-refractivity contribution in [3.63, 3.8) is 0 Å². The fourth-order valence-corrected chi connectivity index (χ4v) is 3.25. The molecule has 0 aromatic carbocycles. The summed E-state index contributed by atoms with van der Waals surface area (Å²) in [4.78, 5) is 10.9. The molecule has 0 aliphatic rings. The van der Waals surface area contributed by atoms with Gasteiger partial charge in [-0.2, -0.15) is 11.3 Å². The van der Waals surface area contributed by atoms with Gasteiger partial charge in [0.1, 0.15) is 0 Å².